The van der Waals surface area contributed by atoms with Crippen molar-refractivity contribution in [3.63, 3.8) is 0 Å². The summed E-state index contributed by atoms with van der Waals surface area (Å²) < 4.78 is 6.67. The monoisotopic (exact) mass is 685 g/mol. The van der Waals surface area contributed by atoms with Crippen LogP contribution < -0.4 is 26.8 Å². The fourth-order valence-corrected chi connectivity index (χ4v) is 5.70. The van der Waals surface area contributed by atoms with Gasteiger partial charge in [-0.2, -0.15) is 0 Å². The number of furan rings is 1. The van der Waals surface area contributed by atoms with Gasteiger partial charge in [-0.05, 0) is 80.8 Å². The predicted molar refractivity (Wildman–Crippen MR) is 193 cm³/mol. The molecule has 48 heavy (non-hydrogen) atoms. The molecule has 2 aliphatic carbocycles. The Hall–Kier alpha value is -4.15. The number of rotatable bonds is 12. The summed E-state index contributed by atoms with van der Waals surface area (Å²) >= 11 is 0. The summed E-state index contributed by atoms with van der Waals surface area (Å²) in [7, 11) is 5.81. The number of fused-ring (bicyclic) bond motifs is 1. The first kappa shape index (κ1) is 41.9. The van der Waals surface area contributed by atoms with Gasteiger partial charge in [0, 0.05) is 25.7 Å². The maximum Gasteiger partial charge on any atom is 0.287 e. The second-order valence-electron chi connectivity index (χ2n) is 11.1. The third-order valence-electron chi connectivity index (χ3n) is 8.20. The van der Waals surface area contributed by atoms with Gasteiger partial charge < -0.3 is 35.0 Å². The molecule has 3 amide bonds. The van der Waals surface area contributed by atoms with E-state index in [0.29, 0.717) is 18.5 Å². The fourth-order valence-electron chi connectivity index (χ4n) is 5.70. The van der Waals surface area contributed by atoms with Gasteiger partial charge in [0.05, 0.1) is 6.54 Å². The van der Waals surface area contributed by atoms with E-state index in [9.17, 15) is 28.8 Å². The number of nitrogens with one attached hydrogen (secondary N) is 4. The molecule has 5 unspecified atom stereocenters. The number of amides is 3. The van der Waals surface area contributed by atoms with Crippen molar-refractivity contribution in [1.82, 2.24) is 20.5 Å². The Bertz CT molecular complexity index is 1450. The summed E-state index contributed by atoms with van der Waals surface area (Å²) in [4.78, 5) is 72.4. The van der Waals surface area contributed by atoms with Crippen LogP contribution in [0.1, 0.15) is 74.3 Å². The maximum atomic E-state index is 13.0. The van der Waals surface area contributed by atoms with E-state index < -0.39 is 35.1 Å². The number of hydrogen-bond donors (Lipinski definition) is 4. The molecule has 12 nitrogen and oxygen atoms in total. The van der Waals surface area contributed by atoms with Crippen LogP contribution in [0.4, 0.5) is 5.69 Å². The first-order valence-corrected chi connectivity index (χ1v) is 17.3. The average Bonchev–Trinajstić information content (AvgIpc) is 3.72. The highest BCUT2D eigenvalue weighted by atomic mass is 31.0. The molecular formula is C35H52N5O7P. The van der Waals surface area contributed by atoms with Gasteiger partial charge in [-0.3, -0.25) is 24.0 Å². The lowest BCUT2D eigenvalue weighted by Gasteiger charge is -2.20. The molecule has 4 rings (SSSR count). The topological polar surface area (TPSA) is 169 Å². The molecule has 0 aliphatic heterocycles. The Balaban J connectivity index is 0.000000691. The Morgan fingerprint density at radius 2 is 1.88 bits per heavy atom. The van der Waals surface area contributed by atoms with Crippen LogP contribution in [0, 0.1) is 11.8 Å². The lowest BCUT2D eigenvalue weighted by atomic mass is 9.97. The van der Waals surface area contributed by atoms with Crippen LogP contribution in [0.3, 0.4) is 0 Å². The number of aromatic nitrogens is 1. The number of likely N-dealkylation sites (N-methyl/N-ethyl adjacent to an activating group) is 1. The van der Waals surface area contributed by atoms with Crippen LogP contribution in [-0.4, -0.2) is 67.2 Å². The highest BCUT2D eigenvalue weighted by molar-refractivity contribution is 7.15. The number of aryl methyl sites for hydroxylation is 1. The molecule has 1 fully saturated rings. The number of carbonyl (C=O) groups excluding carboxylic acids is 5. The zero-order valence-corrected chi connectivity index (χ0v) is 30.0. The lowest BCUT2D eigenvalue weighted by molar-refractivity contribution is -0.137. The summed E-state index contributed by atoms with van der Waals surface area (Å²) in [6.07, 6.45) is 10.8. The average molecular weight is 686 g/mol. The molecule has 0 spiro atoms. The first-order valence-electron chi connectivity index (χ1n) is 16.2. The fraction of sp³-hybridized carbons (Fsp3) is 0.486. The van der Waals surface area contributed by atoms with Gasteiger partial charge >= 0.3 is 0 Å². The predicted octanol–water partition coefficient (Wildman–Crippen LogP) is 3.76. The van der Waals surface area contributed by atoms with Crippen molar-refractivity contribution in [3.05, 3.63) is 71.1 Å². The van der Waals surface area contributed by atoms with E-state index in [2.05, 4.69) is 64.6 Å². The molecule has 5 atom stereocenters. The van der Waals surface area contributed by atoms with Crippen molar-refractivity contribution in [2.24, 2.45) is 11.8 Å². The van der Waals surface area contributed by atoms with Crippen LogP contribution in [0.5, 0.6) is 0 Å². The minimum Gasteiger partial charge on any atom is -0.451 e. The SMILES string of the molecule is C=C.CCC1CCC(C)C1NC.CNC(=O)C(=O)CCC(NC(=O)c1cc2c(o1)C=CCC2)C(=O)Nc1cccn(CC=O)c1=O.CP. The number of carbonyl (C=O) groups is 5. The lowest BCUT2D eigenvalue weighted by Crippen LogP contribution is -2.45. The number of allylic oxidation sites excluding steroid dienone is 1. The molecule has 2 aliphatic rings. The van der Waals surface area contributed by atoms with Crippen LogP contribution >= 0.6 is 9.24 Å². The maximum absolute atomic E-state index is 13.0. The number of Topliss-reactive ketones (excluding diaryl/α,β-unsaturated/α-hetero) is 1. The molecule has 13 heteroatoms. The summed E-state index contributed by atoms with van der Waals surface area (Å²) in [6.45, 7) is 12.4. The highest BCUT2D eigenvalue weighted by Crippen LogP contribution is 2.32. The summed E-state index contributed by atoms with van der Waals surface area (Å²) in [5, 5.41) is 10.6. The van der Waals surface area contributed by atoms with E-state index in [1.54, 1.807) is 12.1 Å². The van der Waals surface area contributed by atoms with Gasteiger partial charge in [0.2, 0.25) is 11.7 Å². The van der Waals surface area contributed by atoms with Crippen molar-refractivity contribution in [1.29, 1.82) is 0 Å². The normalized spacial score (nSPS) is 17.8. The van der Waals surface area contributed by atoms with Crippen molar-refractivity contribution in [2.75, 3.05) is 26.1 Å². The number of pyridine rings is 1. The number of hydrogen-bond acceptors (Lipinski definition) is 8. The molecule has 0 aromatic carbocycles. The molecule has 264 valence electrons. The molecule has 2 heterocycles. The van der Waals surface area contributed by atoms with Crippen LogP contribution in [-0.2, 0) is 32.1 Å². The third kappa shape index (κ3) is 12.1. The molecule has 1 saturated carbocycles. The van der Waals surface area contributed by atoms with Gasteiger partial charge in [-0.25, -0.2) is 0 Å². The first-order chi connectivity index (χ1) is 23.1. The van der Waals surface area contributed by atoms with Crippen molar-refractivity contribution in [2.45, 2.75) is 77.4 Å². The highest BCUT2D eigenvalue weighted by Gasteiger charge is 2.30. The van der Waals surface area contributed by atoms with Crippen LogP contribution in [0.25, 0.3) is 6.08 Å². The van der Waals surface area contributed by atoms with E-state index in [0.717, 1.165) is 34.4 Å². The largest absolute Gasteiger partial charge is 0.451 e. The number of anilines is 1. The molecule has 2 aromatic rings. The zero-order chi connectivity index (χ0) is 36.2. The minimum atomic E-state index is -1.25. The standard InChI is InChI=1S/C23H24N4O7.C9H19N.C2H4.CH5P/c1-24-21(31)17(29)9-8-15(20(30)26-16-6-4-10-27(11-12-28)23(16)33)25-22(32)19-13-14-5-2-3-7-18(14)34-19;1-4-8-6-5-7(2)9(8)10-3;2*1-2/h3-4,6-7,10,12-13,15H,2,5,8-9,11H2,1H3,(H,24,31)(H,25,32)(H,26,30);7-10H,4-6H2,1-3H3;1-2H2;2H2,1H3. The Morgan fingerprint density at radius 3 is 2.46 bits per heavy atom. The van der Waals surface area contributed by atoms with Gasteiger partial charge in [-0.15, -0.1) is 22.4 Å². The third-order valence-corrected chi connectivity index (χ3v) is 8.20. The van der Waals surface area contributed by atoms with Crippen molar-refractivity contribution in [3.8, 4) is 0 Å². The molecule has 2 aromatic heterocycles. The number of nitrogens with zero attached hydrogens (tertiary/aromatic N) is 1. The quantitative estimate of drug-likeness (QED) is 0.113. The summed E-state index contributed by atoms with van der Waals surface area (Å²) in [5.41, 5.74) is 0.147. The van der Waals surface area contributed by atoms with Crippen molar-refractivity contribution < 1.29 is 28.4 Å². The van der Waals surface area contributed by atoms with E-state index >= 15 is 0 Å². The smallest absolute Gasteiger partial charge is 0.287 e. The van der Waals surface area contributed by atoms with Crippen LogP contribution in [0.2, 0.25) is 0 Å². The van der Waals surface area contributed by atoms with Gasteiger partial charge in [-0.1, -0.05) is 33.0 Å². The summed E-state index contributed by atoms with van der Waals surface area (Å²) in [5.74, 6) is -0.629. The summed E-state index contributed by atoms with van der Waals surface area (Å²) in [6, 6.07) is 3.96. The van der Waals surface area contributed by atoms with Crippen molar-refractivity contribution >= 4 is 50.8 Å². The molecule has 0 saturated heterocycles. The number of aldehydes is 1. The Kier molecular flexibility index (Phi) is 19.6. The van der Waals surface area contributed by atoms with Gasteiger partial charge in [0.1, 0.15) is 23.8 Å². The molecular weight excluding hydrogens is 633 g/mol. The van der Waals surface area contributed by atoms with E-state index in [1.165, 1.54) is 44.6 Å². The van der Waals surface area contributed by atoms with Gasteiger partial charge in [0.25, 0.3) is 17.4 Å². The Morgan fingerprint density at radius 1 is 1.17 bits per heavy atom. The second-order valence-corrected chi connectivity index (χ2v) is 11.1. The van der Waals surface area contributed by atoms with E-state index in [-0.39, 0.29) is 30.8 Å². The molecule has 4 N–H and O–H groups in total. The molecule has 0 radical (unpaired) electrons. The zero-order valence-electron chi connectivity index (χ0n) is 28.8. The van der Waals surface area contributed by atoms with Gasteiger partial charge in [0.15, 0.2) is 5.76 Å². The van der Waals surface area contributed by atoms with E-state index in [4.69, 9.17) is 4.42 Å². The number of ketones is 1. The Labute approximate surface area is 285 Å². The van der Waals surface area contributed by atoms with E-state index in [1.807, 2.05) is 12.7 Å². The minimum absolute atomic E-state index is 0.0000255. The van der Waals surface area contributed by atoms with Crippen LogP contribution in [0.15, 0.2) is 52.8 Å². The molecule has 0 bridgehead atoms. The second kappa shape index (κ2) is 22.4.